The van der Waals surface area contributed by atoms with Gasteiger partial charge in [-0.3, -0.25) is 4.99 Å². The number of rotatable bonds is 4. The van der Waals surface area contributed by atoms with Crippen molar-refractivity contribution in [3.63, 3.8) is 0 Å². The number of aliphatic imine (C=N–C) groups is 1. The fraction of sp³-hybridized carbons (Fsp3) is 0.222. The molecule has 0 fully saturated rings. The molecule has 0 bridgehead atoms. The minimum Gasteiger partial charge on any atom is -0.420 e. The number of hydrogen-bond donors (Lipinski definition) is 1. The van der Waals surface area contributed by atoms with Crippen LogP contribution < -0.4 is 15.0 Å². The molecule has 11 heteroatoms. The first-order chi connectivity index (χ1) is 13.6. The van der Waals surface area contributed by atoms with E-state index >= 15 is 0 Å². The summed E-state index contributed by atoms with van der Waals surface area (Å²) in [5.41, 5.74) is -2.98. The average molecular weight is 481 g/mol. The van der Waals surface area contributed by atoms with Crippen molar-refractivity contribution < 1.29 is 18.3 Å². The van der Waals surface area contributed by atoms with Crippen LogP contribution in [0.5, 0.6) is 5.75 Å². The molecule has 154 valence electrons. The minimum absolute atomic E-state index is 0.145. The van der Waals surface area contributed by atoms with Crippen LogP contribution in [0.25, 0.3) is 0 Å². The summed E-state index contributed by atoms with van der Waals surface area (Å²) in [5, 5.41) is 4.06. The third kappa shape index (κ3) is 5.88. The summed E-state index contributed by atoms with van der Waals surface area (Å²) in [5.74, 6) is -0.145. The van der Waals surface area contributed by atoms with E-state index < -0.39 is 11.6 Å². The molecule has 1 unspecified atom stereocenters. The maximum absolute atomic E-state index is 13.0. The van der Waals surface area contributed by atoms with Gasteiger partial charge in [0.2, 0.25) is 0 Å². The number of carbonyl (C=O) groups is 1. The van der Waals surface area contributed by atoms with E-state index in [-0.39, 0.29) is 11.0 Å². The predicted molar refractivity (Wildman–Crippen MR) is 115 cm³/mol. The van der Waals surface area contributed by atoms with E-state index in [0.29, 0.717) is 33.1 Å². The number of amides is 2. The highest BCUT2D eigenvalue weighted by atomic mass is 35.5. The van der Waals surface area contributed by atoms with Gasteiger partial charge in [-0.15, -0.1) is 8.78 Å². The molecule has 1 heterocycles. The zero-order valence-electron chi connectivity index (χ0n) is 14.8. The van der Waals surface area contributed by atoms with Crippen LogP contribution in [-0.2, 0) is 0 Å². The van der Waals surface area contributed by atoms with E-state index in [4.69, 9.17) is 34.8 Å². The average Bonchev–Trinajstić information content (AvgIpc) is 3.04. The molecule has 0 spiro atoms. The highest BCUT2D eigenvalue weighted by Crippen LogP contribution is 2.31. The molecule has 0 saturated carbocycles. The maximum atomic E-state index is 13.0. The number of alkyl halides is 3. The lowest BCUT2D eigenvalue weighted by molar-refractivity contribution is -0.0964. The van der Waals surface area contributed by atoms with Crippen LogP contribution in [0, 0.1) is 0 Å². The second-order valence-corrected chi connectivity index (χ2v) is 8.65. The lowest BCUT2D eigenvalue weighted by atomic mass is 10.3. The molecular formula is C18H14Cl3F2N3O2S. The van der Waals surface area contributed by atoms with Gasteiger partial charge in [0, 0.05) is 22.5 Å². The normalized spacial score (nSPS) is 16.3. The number of halogens is 5. The largest absolute Gasteiger partial charge is 0.487 e. The first kappa shape index (κ1) is 22.0. The number of nitrogens with one attached hydrogen (secondary N) is 1. The fourth-order valence-corrected chi connectivity index (χ4v) is 3.79. The number of urea groups is 1. The molecule has 0 aliphatic carbocycles. The number of hydrogen-bond acceptors (Lipinski definition) is 4. The van der Waals surface area contributed by atoms with Gasteiger partial charge in [-0.2, -0.15) is 0 Å². The van der Waals surface area contributed by atoms with E-state index in [1.807, 2.05) is 6.92 Å². The van der Waals surface area contributed by atoms with Crippen molar-refractivity contribution in [1.29, 1.82) is 0 Å². The Hall–Kier alpha value is -1.74. The van der Waals surface area contributed by atoms with Crippen LogP contribution in [0.15, 0.2) is 47.5 Å². The SMILES string of the molecule is CC1CN=C(N(C(=O)Nc2ccc(Cl)c(Cl)c2)c2ccc(OC(F)(F)Cl)cc2)S1. The number of carbonyl (C=O) groups excluding carboxylic acids is 1. The fourth-order valence-electron chi connectivity index (χ4n) is 2.45. The Morgan fingerprint density at radius 3 is 2.48 bits per heavy atom. The highest BCUT2D eigenvalue weighted by molar-refractivity contribution is 8.15. The van der Waals surface area contributed by atoms with Crippen LogP contribution in [0.3, 0.4) is 0 Å². The second-order valence-electron chi connectivity index (χ2n) is 5.99. The van der Waals surface area contributed by atoms with Crippen molar-refractivity contribution in [3.8, 4) is 5.75 Å². The molecule has 0 radical (unpaired) electrons. The van der Waals surface area contributed by atoms with Crippen LogP contribution in [0.1, 0.15) is 6.92 Å². The van der Waals surface area contributed by atoms with Crippen molar-refractivity contribution in [2.24, 2.45) is 4.99 Å². The molecule has 1 N–H and O–H groups in total. The van der Waals surface area contributed by atoms with Crippen molar-refractivity contribution in [2.75, 3.05) is 16.8 Å². The lowest BCUT2D eigenvalue weighted by Crippen LogP contribution is -2.38. The lowest BCUT2D eigenvalue weighted by Gasteiger charge is -2.23. The van der Waals surface area contributed by atoms with E-state index in [9.17, 15) is 13.6 Å². The molecule has 2 amide bonds. The van der Waals surface area contributed by atoms with E-state index in [1.165, 1.54) is 47.0 Å². The summed E-state index contributed by atoms with van der Waals surface area (Å²) in [6.45, 7) is 2.53. The van der Waals surface area contributed by atoms with Crippen LogP contribution in [-0.4, -0.2) is 28.6 Å². The minimum atomic E-state index is -3.83. The number of nitrogens with zero attached hydrogens (tertiary/aromatic N) is 2. The van der Waals surface area contributed by atoms with Gasteiger partial charge in [-0.25, -0.2) is 9.69 Å². The quantitative estimate of drug-likeness (QED) is 0.496. The summed E-state index contributed by atoms with van der Waals surface area (Å²) in [7, 11) is 0. The molecule has 1 aliphatic rings. The van der Waals surface area contributed by atoms with Gasteiger partial charge in [-0.05, 0) is 42.5 Å². The van der Waals surface area contributed by atoms with Gasteiger partial charge in [0.15, 0.2) is 5.17 Å². The van der Waals surface area contributed by atoms with Crippen molar-refractivity contribution in [2.45, 2.75) is 17.7 Å². The molecule has 29 heavy (non-hydrogen) atoms. The van der Waals surface area contributed by atoms with E-state index in [0.717, 1.165) is 0 Å². The molecule has 2 aromatic carbocycles. The molecule has 1 atom stereocenters. The molecular weight excluding hydrogens is 467 g/mol. The molecule has 0 saturated heterocycles. The molecule has 1 aliphatic heterocycles. The number of benzene rings is 2. The van der Waals surface area contributed by atoms with Crippen molar-refractivity contribution in [3.05, 3.63) is 52.5 Å². The number of anilines is 2. The first-order valence-corrected chi connectivity index (χ1v) is 10.3. The Morgan fingerprint density at radius 2 is 1.93 bits per heavy atom. The number of thioether (sulfide) groups is 1. The third-order valence-electron chi connectivity index (χ3n) is 3.68. The maximum Gasteiger partial charge on any atom is 0.487 e. The van der Waals surface area contributed by atoms with Crippen molar-refractivity contribution in [1.82, 2.24) is 0 Å². The van der Waals surface area contributed by atoms with Gasteiger partial charge in [0.25, 0.3) is 0 Å². The smallest absolute Gasteiger partial charge is 0.420 e. The monoisotopic (exact) mass is 479 g/mol. The zero-order valence-corrected chi connectivity index (χ0v) is 17.9. The van der Waals surface area contributed by atoms with Gasteiger partial charge in [0.05, 0.1) is 22.3 Å². The Morgan fingerprint density at radius 1 is 1.24 bits per heavy atom. The summed E-state index contributed by atoms with van der Waals surface area (Å²) >= 11 is 18.1. The summed E-state index contributed by atoms with van der Waals surface area (Å²) in [6, 6.07) is 9.67. The van der Waals surface area contributed by atoms with Gasteiger partial charge in [0.1, 0.15) is 5.75 Å². The Bertz CT molecular complexity index is 939. The van der Waals surface area contributed by atoms with E-state index in [1.54, 1.807) is 12.1 Å². The molecule has 0 aromatic heterocycles. The summed E-state index contributed by atoms with van der Waals surface area (Å²) in [4.78, 5) is 18.7. The second kappa shape index (κ2) is 8.95. The van der Waals surface area contributed by atoms with Crippen LogP contribution in [0.2, 0.25) is 10.0 Å². The van der Waals surface area contributed by atoms with Crippen LogP contribution >= 0.6 is 46.6 Å². The third-order valence-corrected chi connectivity index (χ3v) is 5.57. The predicted octanol–water partition coefficient (Wildman–Crippen LogP) is 6.69. The van der Waals surface area contributed by atoms with Gasteiger partial charge in [-0.1, -0.05) is 41.9 Å². The number of amidine groups is 1. The highest BCUT2D eigenvalue weighted by Gasteiger charge is 2.29. The Kier molecular flexibility index (Phi) is 6.78. The number of ether oxygens (including phenoxy) is 1. The van der Waals surface area contributed by atoms with E-state index in [2.05, 4.69) is 15.0 Å². The zero-order chi connectivity index (χ0) is 21.2. The molecule has 2 aromatic rings. The van der Waals surface area contributed by atoms with Gasteiger partial charge >= 0.3 is 11.6 Å². The summed E-state index contributed by atoms with van der Waals surface area (Å²) < 4.78 is 29.9. The Balaban J connectivity index is 1.86. The molecule has 3 rings (SSSR count). The van der Waals surface area contributed by atoms with Crippen LogP contribution in [0.4, 0.5) is 25.0 Å². The van der Waals surface area contributed by atoms with Crippen molar-refractivity contribution >= 4 is 69.1 Å². The first-order valence-electron chi connectivity index (χ1n) is 8.25. The van der Waals surface area contributed by atoms with Gasteiger partial charge < -0.3 is 10.1 Å². The summed E-state index contributed by atoms with van der Waals surface area (Å²) in [6.07, 6.45) is 0. The Labute approximate surface area is 185 Å². The topological polar surface area (TPSA) is 53.9 Å². The molecule has 5 nitrogen and oxygen atoms in total. The standard InChI is InChI=1S/C18H14Cl3F2N3O2S/c1-10-9-24-17(29-10)26(12-3-5-13(6-4-12)28-18(21,22)23)16(27)25-11-2-7-14(19)15(20)8-11/h2-8,10H,9H2,1H3,(H,25,27).